The van der Waals surface area contributed by atoms with Gasteiger partial charge in [0.25, 0.3) is 0 Å². The highest BCUT2D eigenvalue weighted by Gasteiger charge is 2.31. The van der Waals surface area contributed by atoms with Crippen LogP contribution in [0.1, 0.15) is 19.8 Å². The van der Waals surface area contributed by atoms with E-state index in [0.29, 0.717) is 0 Å². The van der Waals surface area contributed by atoms with Gasteiger partial charge in [0.15, 0.2) is 0 Å². The quantitative estimate of drug-likeness (QED) is 0.665. The van der Waals surface area contributed by atoms with Gasteiger partial charge in [-0.3, -0.25) is 4.79 Å². The molecule has 0 bridgehead atoms. The molecule has 0 amide bonds. The van der Waals surface area contributed by atoms with E-state index in [1.165, 1.54) is 0 Å². The van der Waals surface area contributed by atoms with Gasteiger partial charge >= 0.3 is 5.97 Å². The minimum atomic E-state index is -1.47. The molecule has 0 saturated carbocycles. The van der Waals surface area contributed by atoms with Gasteiger partial charge in [0.2, 0.25) is 0 Å². The SMILES string of the molecule is CCCC(C(=O)O)[Si](C)(C)C. The van der Waals surface area contributed by atoms with Gasteiger partial charge in [0.05, 0.1) is 13.6 Å². The molecule has 3 heteroatoms. The summed E-state index contributed by atoms with van der Waals surface area (Å²) in [6.07, 6.45) is 1.81. The summed E-state index contributed by atoms with van der Waals surface area (Å²) in [5, 5.41) is 8.87. The molecule has 1 atom stereocenters. The maximum Gasteiger partial charge on any atom is 0.303 e. The van der Waals surface area contributed by atoms with Gasteiger partial charge in [-0.15, -0.1) is 0 Å². The van der Waals surface area contributed by atoms with Crippen LogP contribution in [0.5, 0.6) is 0 Å². The van der Waals surface area contributed by atoms with Crippen molar-refractivity contribution >= 4 is 14.0 Å². The molecular formula is C8H18O2Si. The fourth-order valence-electron chi connectivity index (χ4n) is 1.22. The van der Waals surface area contributed by atoms with Gasteiger partial charge in [-0.25, -0.2) is 0 Å². The Morgan fingerprint density at radius 1 is 1.45 bits per heavy atom. The van der Waals surface area contributed by atoms with Crippen molar-refractivity contribution in [1.82, 2.24) is 0 Å². The van der Waals surface area contributed by atoms with Crippen LogP contribution in [0.25, 0.3) is 0 Å². The van der Waals surface area contributed by atoms with Crippen molar-refractivity contribution < 1.29 is 9.90 Å². The summed E-state index contributed by atoms with van der Waals surface area (Å²) >= 11 is 0. The molecule has 1 N–H and O–H groups in total. The molecule has 1 unspecified atom stereocenters. The van der Waals surface area contributed by atoms with E-state index in [-0.39, 0.29) is 5.54 Å². The molecule has 0 rings (SSSR count). The van der Waals surface area contributed by atoms with Gasteiger partial charge < -0.3 is 5.11 Å². The lowest BCUT2D eigenvalue weighted by Gasteiger charge is -2.24. The first-order valence-electron chi connectivity index (χ1n) is 4.12. The van der Waals surface area contributed by atoms with Crippen molar-refractivity contribution in [1.29, 1.82) is 0 Å². The monoisotopic (exact) mass is 174 g/mol. The molecule has 0 aliphatic carbocycles. The van der Waals surface area contributed by atoms with E-state index in [4.69, 9.17) is 5.11 Å². The second kappa shape index (κ2) is 3.90. The van der Waals surface area contributed by atoms with Crippen LogP contribution in [0, 0.1) is 0 Å². The third kappa shape index (κ3) is 3.56. The van der Waals surface area contributed by atoms with Gasteiger partial charge in [-0.1, -0.05) is 33.0 Å². The van der Waals surface area contributed by atoms with Crippen molar-refractivity contribution in [3.63, 3.8) is 0 Å². The Labute approximate surface area is 69.6 Å². The Kier molecular flexibility index (Phi) is 3.79. The van der Waals surface area contributed by atoms with Crippen LogP contribution in [0.3, 0.4) is 0 Å². The molecule has 0 aliphatic rings. The average molecular weight is 174 g/mol. The van der Waals surface area contributed by atoms with E-state index in [1.54, 1.807) is 0 Å². The van der Waals surface area contributed by atoms with Gasteiger partial charge in [-0.05, 0) is 6.42 Å². The van der Waals surface area contributed by atoms with E-state index < -0.39 is 14.0 Å². The van der Waals surface area contributed by atoms with Crippen molar-refractivity contribution in [2.75, 3.05) is 0 Å². The number of hydrogen-bond donors (Lipinski definition) is 1. The van der Waals surface area contributed by atoms with Gasteiger partial charge in [0, 0.05) is 0 Å². The molecule has 66 valence electrons. The molecule has 2 nitrogen and oxygen atoms in total. The molecular weight excluding hydrogens is 156 g/mol. The summed E-state index contributed by atoms with van der Waals surface area (Å²) in [5.41, 5.74) is -0.0625. The van der Waals surface area contributed by atoms with Crippen molar-refractivity contribution in [3.05, 3.63) is 0 Å². The van der Waals surface area contributed by atoms with E-state index in [9.17, 15) is 4.79 Å². The van der Waals surface area contributed by atoms with Crippen LogP contribution in [-0.2, 0) is 4.79 Å². The summed E-state index contributed by atoms with van der Waals surface area (Å²) < 4.78 is 0. The Balaban J connectivity index is 4.22. The number of aliphatic carboxylic acids is 1. The van der Waals surface area contributed by atoms with Crippen LogP contribution in [0.4, 0.5) is 0 Å². The molecule has 0 fully saturated rings. The number of carbonyl (C=O) groups is 1. The molecule has 11 heavy (non-hydrogen) atoms. The van der Waals surface area contributed by atoms with E-state index >= 15 is 0 Å². The fraction of sp³-hybridized carbons (Fsp3) is 0.875. The predicted molar refractivity (Wildman–Crippen MR) is 49.6 cm³/mol. The lowest BCUT2D eigenvalue weighted by Crippen LogP contribution is -2.33. The number of rotatable bonds is 4. The van der Waals surface area contributed by atoms with Crippen LogP contribution < -0.4 is 0 Å². The minimum absolute atomic E-state index is 0.0625. The van der Waals surface area contributed by atoms with E-state index in [2.05, 4.69) is 19.6 Å². The third-order valence-electron chi connectivity index (χ3n) is 1.92. The first kappa shape index (κ1) is 10.7. The summed E-state index contributed by atoms with van der Waals surface area (Å²) in [7, 11) is -1.47. The summed E-state index contributed by atoms with van der Waals surface area (Å²) in [6, 6.07) is 0. The average Bonchev–Trinajstić information content (AvgIpc) is 1.79. The fourth-order valence-corrected chi connectivity index (χ4v) is 3.11. The molecule has 0 aromatic rings. The normalized spacial score (nSPS) is 14.5. The molecule has 0 aliphatic heterocycles. The first-order chi connectivity index (χ1) is 4.89. The third-order valence-corrected chi connectivity index (χ3v) is 4.55. The molecule has 0 heterocycles. The maximum atomic E-state index is 10.8. The summed E-state index contributed by atoms with van der Waals surface area (Å²) in [4.78, 5) is 10.8. The van der Waals surface area contributed by atoms with Crippen LogP contribution in [-0.4, -0.2) is 19.1 Å². The van der Waals surface area contributed by atoms with Gasteiger partial charge in [-0.2, -0.15) is 0 Å². The molecule has 0 radical (unpaired) electrons. The smallest absolute Gasteiger partial charge is 0.303 e. The number of hydrogen-bond acceptors (Lipinski definition) is 1. The van der Waals surface area contributed by atoms with Crippen LogP contribution in [0.2, 0.25) is 25.2 Å². The lowest BCUT2D eigenvalue weighted by atomic mass is 10.2. The Morgan fingerprint density at radius 2 is 1.91 bits per heavy atom. The second-order valence-electron chi connectivity index (χ2n) is 4.05. The van der Waals surface area contributed by atoms with Crippen molar-refractivity contribution in [2.45, 2.75) is 44.9 Å². The molecule has 0 saturated heterocycles. The Bertz CT molecular complexity index is 138. The highest BCUT2D eigenvalue weighted by Crippen LogP contribution is 2.26. The second-order valence-corrected chi connectivity index (χ2v) is 9.47. The molecule has 0 aromatic heterocycles. The maximum absolute atomic E-state index is 10.8. The standard InChI is InChI=1S/C8H18O2Si/c1-5-6-7(8(9)10)11(2,3)4/h7H,5-6H2,1-4H3,(H,9,10). The van der Waals surface area contributed by atoms with Crippen LogP contribution >= 0.6 is 0 Å². The zero-order chi connectivity index (χ0) is 9.07. The highest BCUT2D eigenvalue weighted by molar-refractivity contribution is 6.80. The van der Waals surface area contributed by atoms with Crippen molar-refractivity contribution in [3.8, 4) is 0 Å². The number of carboxylic acids is 1. The largest absolute Gasteiger partial charge is 0.481 e. The zero-order valence-corrected chi connectivity index (χ0v) is 8.85. The topological polar surface area (TPSA) is 37.3 Å². The molecule has 0 spiro atoms. The summed E-state index contributed by atoms with van der Waals surface area (Å²) in [5.74, 6) is -0.606. The van der Waals surface area contributed by atoms with Crippen molar-refractivity contribution in [2.24, 2.45) is 0 Å². The van der Waals surface area contributed by atoms with Crippen LogP contribution in [0.15, 0.2) is 0 Å². The highest BCUT2D eigenvalue weighted by atomic mass is 28.3. The first-order valence-corrected chi connectivity index (χ1v) is 7.70. The summed E-state index contributed by atoms with van der Waals surface area (Å²) in [6.45, 7) is 8.38. The number of carboxylic acid groups (broad SMARTS) is 1. The Hall–Kier alpha value is -0.313. The van der Waals surface area contributed by atoms with E-state index in [0.717, 1.165) is 12.8 Å². The zero-order valence-electron chi connectivity index (χ0n) is 7.85. The minimum Gasteiger partial charge on any atom is -0.481 e. The Morgan fingerprint density at radius 3 is 2.00 bits per heavy atom. The predicted octanol–water partition coefficient (Wildman–Crippen LogP) is 2.58. The van der Waals surface area contributed by atoms with Gasteiger partial charge in [0.1, 0.15) is 0 Å². The lowest BCUT2D eigenvalue weighted by molar-refractivity contribution is -0.137. The van der Waals surface area contributed by atoms with E-state index in [1.807, 2.05) is 6.92 Å². The molecule has 0 aromatic carbocycles.